The molecule has 0 unspecified atom stereocenters. The minimum Gasteiger partial charge on any atom is -0.369 e. The Balaban J connectivity index is 1.43. The number of thiazole rings is 1. The topological polar surface area (TPSA) is 88.7 Å². The van der Waals surface area contributed by atoms with Crippen LogP contribution in [0.15, 0.2) is 53.5 Å². The molecule has 2 aromatic heterocycles. The number of anilines is 3. The summed E-state index contributed by atoms with van der Waals surface area (Å²) in [5, 5.41) is 11.7. The fourth-order valence-corrected chi connectivity index (χ4v) is 6.31. The molecule has 11 heteroatoms. The quantitative estimate of drug-likeness (QED) is 0.320. The molecule has 4 aromatic rings. The Bertz CT molecular complexity index is 1750. The van der Waals surface area contributed by atoms with Crippen LogP contribution in [-0.4, -0.2) is 78.6 Å². The molecule has 2 aromatic carbocycles. The number of benzene rings is 2. The van der Waals surface area contributed by atoms with Crippen LogP contribution in [0.3, 0.4) is 0 Å². The smallest absolute Gasteiger partial charge is 0.259 e. The third-order valence-corrected chi connectivity index (χ3v) is 9.12. The van der Waals surface area contributed by atoms with Gasteiger partial charge in [-0.3, -0.25) is 14.5 Å². The number of pyridine rings is 1. The highest BCUT2D eigenvalue weighted by Gasteiger charge is 2.31. The van der Waals surface area contributed by atoms with E-state index in [1.54, 1.807) is 32.4 Å². The highest BCUT2D eigenvalue weighted by Crippen LogP contribution is 2.38. The molecule has 0 bridgehead atoms. The van der Waals surface area contributed by atoms with Gasteiger partial charge < -0.3 is 19.3 Å². The summed E-state index contributed by atoms with van der Waals surface area (Å²) < 4.78 is 15.0. The van der Waals surface area contributed by atoms with Crippen LogP contribution in [0.4, 0.5) is 20.9 Å². The Morgan fingerprint density at radius 1 is 1.07 bits per heavy atom. The van der Waals surface area contributed by atoms with Gasteiger partial charge in [0.2, 0.25) is 5.91 Å². The summed E-state index contributed by atoms with van der Waals surface area (Å²) in [6, 6.07) is 14.7. The molecular weight excluding hydrogens is 553 g/mol. The first-order valence-corrected chi connectivity index (χ1v) is 14.8. The van der Waals surface area contributed by atoms with E-state index in [1.165, 1.54) is 45.8 Å². The Kier molecular flexibility index (Phi) is 7.43. The normalized spacial score (nSPS) is 15.5. The van der Waals surface area contributed by atoms with Gasteiger partial charge in [0, 0.05) is 81.6 Å². The van der Waals surface area contributed by atoms with Crippen LogP contribution in [0.2, 0.25) is 0 Å². The number of amides is 1. The summed E-state index contributed by atoms with van der Waals surface area (Å²) in [5.41, 5.74) is 2.60. The van der Waals surface area contributed by atoms with Crippen molar-refractivity contribution in [2.75, 3.05) is 57.1 Å². The van der Waals surface area contributed by atoms with Crippen LogP contribution in [0, 0.1) is 17.1 Å². The SMILES string of the molecule is CN(C)C(=O)Cn1cc(N(C)c2nc(-c3ccc(F)cc3)c(C#N)s2)c2cc(N3CCN(C4CC4)CC3)ccc2c1=O. The van der Waals surface area contributed by atoms with E-state index in [4.69, 9.17) is 4.98 Å². The number of halogens is 1. The Labute approximate surface area is 247 Å². The largest absolute Gasteiger partial charge is 0.369 e. The highest BCUT2D eigenvalue weighted by molar-refractivity contribution is 7.16. The minimum absolute atomic E-state index is 0.102. The Morgan fingerprint density at radius 2 is 1.79 bits per heavy atom. The van der Waals surface area contributed by atoms with Crippen molar-refractivity contribution in [3.05, 3.63) is 69.7 Å². The number of fused-ring (bicyclic) bond motifs is 1. The lowest BCUT2D eigenvalue weighted by atomic mass is 10.1. The van der Waals surface area contributed by atoms with Crippen molar-refractivity contribution in [1.82, 2.24) is 19.4 Å². The molecule has 2 fully saturated rings. The lowest BCUT2D eigenvalue weighted by Crippen LogP contribution is -2.47. The van der Waals surface area contributed by atoms with Crippen molar-refractivity contribution in [3.8, 4) is 17.3 Å². The lowest BCUT2D eigenvalue weighted by molar-refractivity contribution is -0.129. The molecule has 9 nitrogen and oxygen atoms in total. The first kappa shape index (κ1) is 27.9. The number of nitrogens with zero attached hydrogens (tertiary/aromatic N) is 7. The maximum Gasteiger partial charge on any atom is 0.259 e. The Hall–Kier alpha value is -4.27. The van der Waals surface area contributed by atoms with Crippen molar-refractivity contribution in [3.63, 3.8) is 0 Å². The second-order valence-electron chi connectivity index (χ2n) is 11.1. The predicted octanol–water partition coefficient (Wildman–Crippen LogP) is 4.28. The van der Waals surface area contributed by atoms with E-state index < -0.39 is 0 Å². The van der Waals surface area contributed by atoms with Gasteiger partial charge in [-0.1, -0.05) is 11.3 Å². The zero-order chi connectivity index (χ0) is 29.5. The van der Waals surface area contributed by atoms with E-state index >= 15 is 0 Å². The van der Waals surface area contributed by atoms with E-state index in [0.29, 0.717) is 32.3 Å². The summed E-state index contributed by atoms with van der Waals surface area (Å²) in [6.45, 7) is 3.77. The molecular formula is C31H32FN7O2S. The molecule has 42 heavy (non-hydrogen) atoms. The first-order chi connectivity index (χ1) is 20.2. The first-order valence-electron chi connectivity index (χ1n) is 14.0. The van der Waals surface area contributed by atoms with Gasteiger partial charge >= 0.3 is 0 Å². The van der Waals surface area contributed by atoms with E-state index in [1.807, 2.05) is 30.1 Å². The maximum atomic E-state index is 13.6. The third kappa shape index (κ3) is 5.35. The van der Waals surface area contributed by atoms with Crippen molar-refractivity contribution in [2.24, 2.45) is 0 Å². The lowest BCUT2D eigenvalue weighted by Gasteiger charge is -2.36. The standard InChI is InChI=1S/C31H32FN7O2S/c1-35(2)28(40)19-39-18-26(36(3)31-34-29(27(17-33)42-31)20-4-6-21(32)7-5-20)25-16-23(10-11-24(25)30(39)41)38-14-12-37(13-15-38)22-8-9-22/h4-7,10-11,16,18,22H,8-9,12-15,19H2,1-3H3. The summed E-state index contributed by atoms with van der Waals surface area (Å²) in [7, 11) is 5.16. The van der Waals surface area contributed by atoms with Gasteiger partial charge in [-0.25, -0.2) is 9.37 Å². The average Bonchev–Trinajstić information content (AvgIpc) is 3.76. The minimum atomic E-state index is -0.365. The number of piperazine rings is 1. The van der Waals surface area contributed by atoms with Gasteiger partial charge in [0.25, 0.3) is 5.56 Å². The molecule has 0 spiro atoms. The molecule has 0 atom stereocenters. The number of likely N-dealkylation sites (N-methyl/N-ethyl adjacent to an activating group) is 1. The van der Waals surface area contributed by atoms with E-state index in [2.05, 4.69) is 15.9 Å². The molecule has 1 amide bonds. The van der Waals surface area contributed by atoms with Crippen LogP contribution in [-0.2, 0) is 11.3 Å². The summed E-state index contributed by atoms with van der Waals surface area (Å²) >= 11 is 1.22. The average molecular weight is 586 g/mol. The zero-order valence-electron chi connectivity index (χ0n) is 23.9. The molecule has 6 rings (SSSR count). The number of hydrogen-bond donors (Lipinski definition) is 0. The molecule has 0 N–H and O–H groups in total. The van der Waals surface area contributed by atoms with Crippen molar-refractivity contribution in [2.45, 2.75) is 25.4 Å². The summed E-state index contributed by atoms with van der Waals surface area (Å²) in [5.74, 6) is -0.564. The molecule has 2 aliphatic rings. The van der Waals surface area contributed by atoms with Crippen LogP contribution in [0.1, 0.15) is 17.7 Å². The summed E-state index contributed by atoms with van der Waals surface area (Å²) in [6.07, 6.45) is 4.29. The number of carbonyl (C=O) groups is 1. The number of rotatable bonds is 7. The second kappa shape index (κ2) is 11.2. The monoisotopic (exact) mass is 585 g/mol. The van der Waals surface area contributed by atoms with Crippen molar-refractivity contribution in [1.29, 1.82) is 5.26 Å². The van der Waals surface area contributed by atoms with Crippen LogP contribution < -0.4 is 15.4 Å². The zero-order valence-corrected chi connectivity index (χ0v) is 24.7. The van der Waals surface area contributed by atoms with Gasteiger partial charge in [-0.15, -0.1) is 0 Å². The number of carbonyl (C=O) groups excluding carboxylic acids is 1. The molecule has 0 radical (unpaired) electrons. The number of nitriles is 1. The maximum absolute atomic E-state index is 13.6. The Morgan fingerprint density at radius 3 is 2.43 bits per heavy atom. The number of aromatic nitrogens is 2. The van der Waals surface area contributed by atoms with Crippen molar-refractivity contribution >= 4 is 44.5 Å². The van der Waals surface area contributed by atoms with Gasteiger partial charge in [0.1, 0.15) is 29.0 Å². The van der Waals surface area contributed by atoms with Crippen molar-refractivity contribution < 1.29 is 9.18 Å². The predicted molar refractivity (Wildman–Crippen MR) is 164 cm³/mol. The van der Waals surface area contributed by atoms with Gasteiger partial charge in [0.05, 0.1) is 5.69 Å². The van der Waals surface area contributed by atoms with E-state index in [9.17, 15) is 19.2 Å². The fraction of sp³-hybridized carbons (Fsp3) is 0.355. The molecule has 3 heterocycles. The van der Waals surface area contributed by atoms with Gasteiger partial charge in [-0.05, 0) is 55.3 Å². The van der Waals surface area contributed by atoms with E-state index in [-0.39, 0.29) is 23.8 Å². The van der Waals surface area contributed by atoms with Gasteiger partial charge in [-0.2, -0.15) is 5.26 Å². The molecule has 1 aliphatic heterocycles. The summed E-state index contributed by atoms with van der Waals surface area (Å²) in [4.78, 5) is 39.6. The number of hydrogen-bond acceptors (Lipinski definition) is 8. The van der Waals surface area contributed by atoms with E-state index in [0.717, 1.165) is 43.3 Å². The molecule has 1 saturated carbocycles. The highest BCUT2D eigenvalue weighted by atomic mass is 32.1. The fourth-order valence-electron chi connectivity index (χ4n) is 5.45. The van der Waals surface area contributed by atoms with Crippen LogP contribution >= 0.6 is 11.3 Å². The van der Waals surface area contributed by atoms with Crippen LogP contribution in [0.5, 0.6) is 0 Å². The van der Waals surface area contributed by atoms with Gasteiger partial charge in [0.15, 0.2) is 5.13 Å². The van der Waals surface area contributed by atoms with Crippen LogP contribution in [0.25, 0.3) is 22.0 Å². The second-order valence-corrected chi connectivity index (χ2v) is 12.0. The third-order valence-electron chi connectivity index (χ3n) is 8.08. The molecule has 216 valence electrons. The molecule has 1 saturated heterocycles. The molecule has 1 aliphatic carbocycles.